The van der Waals surface area contributed by atoms with Crippen molar-refractivity contribution in [1.82, 2.24) is 0 Å². The summed E-state index contributed by atoms with van der Waals surface area (Å²) in [5.74, 6) is 0. The highest BCUT2D eigenvalue weighted by Gasteiger charge is 2.08. The Balaban J connectivity index is 2.83. The van der Waals surface area contributed by atoms with Crippen molar-refractivity contribution in [1.29, 1.82) is 5.26 Å². The Morgan fingerprint density at radius 1 is 1.44 bits per heavy atom. The molecule has 0 amide bonds. The van der Waals surface area contributed by atoms with Crippen LogP contribution in [-0.4, -0.2) is 31.9 Å². The summed E-state index contributed by atoms with van der Waals surface area (Å²) in [5.41, 5.74) is 1.64. The first-order valence-electron chi connectivity index (χ1n) is 5.73. The molecule has 0 atom stereocenters. The molecule has 0 spiro atoms. The van der Waals surface area contributed by atoms with Gasteiger partial charge in [0.15, 0.2) is 0 Å². The van der Waals surface area contributed by atoms with E-state index in [9.17, 15) is 0 Å². The molecule has 98 valence electrons. The number of nitrogens with zero attached hydrogens (tertiary/aromatic N) is 2. The molecule has 0 aliphatic heterocycles. The summed E-state index contributed by atoms with van der Waals surface area (Å²) in [5, 5.41) is 18.3. The Bertz CT molecular complexity index is 418. The van der Waals surface area contributed by atoms with Gasteiger partial charge in [0.1, 0.15) is 0 Å². The minimum atomic E-state index is -0.0740. The van der Waals surface area contributed by atoms with Gasteiger partial charge in [-0.25, -0.2) is 0 Å². The lowest BCUT2D eigenvalue weighted by atomic mass is 10.2. The molecule has 0 heterocycles. The maximum absolute atomic E-state index is 9.07. The van der Waals surface area contributed by atoms with E-state index in [1.807, 2.05) is 11.0 Å². The lowest BCUT2D eigenvalue weighted by molar-refractivity contribution is 0.205. The van der Waals surface area contributed by atoms with Gasteiger partial charge in [-0.05, 0) is 17.7 Å². The molecule has 0 saturated heterocycles. The first-order chi connectivity index (χ1) is 8.72. The molecule has 1 aromatic carbocycles. The number of methoxy groups -OCH3 is 1. The largest absolute Gasteiger partial charge is 0.392 e. The highest BCUT2D eigenvalue weighted by Crippen LogP contribution is 2.24. The minimum absolute atomic E-state index is 0.0740. The summed E-state index contributed by atoms with van der Waals surface area (Å²) in [7, 11) is 1.64. The average Bonchev–Trinajstić information content (AvgIpc) is 2.39. The van der Waals surface area contributed by atoms with Gasteiger partial charge < -0.3 is 14.7 Å². The van der Waals surface area contributed by atoms with Crippen molar-refractivity contribution < 1.29 is 9.84 Å². The van der Waals surface area contributed by atoms with Crippen LogP contribution in [0.1, 0.15) is 12.0 Å². The zero-order valence-electron chi connectivity index (χ0n) is 10.4. The molecular weight excluding hydrogens is 252 g/mol. The molecule has 18 heavy (non-hydrogen) atoms. The number of ether oxygens (including phenoxy) is 1. The second-order valence-electron chi connectivity index (χ2n) is 3.82. The molecule has 5 heteroatoms. The monoisotopic (exact) mass is 268 g/mol. The second kappa shape index (κ2) is 7.93. The first kappa shape index (κ1) is 14.8. The van der Waals surface area contributed by atoms with Gasteiger partial charge in [0, 0.05) is 30.9 Å². The van der Waals surface area contributed by atoms with Crippen molar-refractivity contribution in [2.24, 2.45) is 0 Å². The normalized spacial score (nSPS) is 10.1. The van der Waals surface area contributed by atoms with Crippen LogP contribution < -0.4 is 4.90 Å². The third-order valence-corrected chi connectivity index (χ3v) is 2.98. The van der Waals surface area contributed by atoms with E-state index in [2.05, 4.69) is 6.07 Å². The standard InChI is InChI=1S/C13H17ClN2O2/c1-18-8-7-16(6-2-5-15)12-4-3-11(10-17)13(14)9-12/h3-4,9,17H,2,6-8,10H2,1H3. The fraction of sp³-hybridized carbons (Fsp3) is 0.462. The van der Waals surface area contributed by atoms with Gasteiger partial charge in [0.25, 0.3) is 0 Å². The van der Waals surface area contributed by atoms with E-state index in [1.165, 1.54) is 0 Å². The number of benzene rings is 1. The number of nitriles is 1. The Labute approximate surface area is 112 Å². The van der Waals surface area contributed by atoms with E-state index in [-0.39, 0.29) is 6.61 Å². The van der Waals surface area contributed by atoms with Gasteiger partial charge in [0.2, 0.25) is 0 Å². The molecule has 1 N–H and O–H groups in total. The van der Waals surface area contributed by atoms with Crippen LogP contribution in [0.15, 0.2) is 18.2 Å². The van der Waals surface area contributed by atoms with E-state index < -0.39 is 0 Å². The zero-order chi connectivity index (χ0) is 13.4. The molecule has 0 fully saturated rings. The van der Waals surface area contributed by atoms with Crippen molar-refractivity contribution >= 4 is 17.3 Å². The third kappa shape index (κ3) is 4.19. The molecule has 1 aromatic rings. The maximum atomic E-state index is 9.07. The summed E-state index contributed by atoms with van der Waals surface area (Å²) >= 11 is 6.06. The van der Waals surface area contributed by atoms with Crippen LogP contribution in [0.4, 0.5) is 5.69 Å². The van der Waals surface area contributed by atoms with Gasteiger partial charge in [-0.2, -0.15) is 5.26 Å². The number of aliphatic hydroxyl groups is 1. The molecule has 0 saturated carbocycles. The number of anilines is 1. The molecule has 0 bridgehead atoms. The maximum Gasteiger partial charge on any atom is 0.0696 e. The van der Waals surface area contributed by atoms with E-state index in [1.54, 1.807) is 19.2 Å². The molecule has 0 aliphatic carbocycles. The van der Waals surface area contributed by atoms with E-state index >= 15 is 0 Å². The predicted octanol–water partition coefficient (Wildman–Crippen LogP) is 2.20. The van der Waals surface area contributed by atoms with Crippen LogP contribution in [0.5, 0.6) is 0 Å². The number of rotatable bonds is 7. The number of aliphatic hydroxyl groups excluding tert-OH is 1. The molecule has 0 unspecified atom stereocenters. The molecule has 4 nitrogen and oxygen atoms in total. The Hall–Kier alpha value is -1.28. The van der Waals surface area contributed by atoms with Crippen molar-refractivity contribution in [2.45, 2.75) is 13.0 Å². The lowest BCUT2D eigenvalue weighted by Crippen LogP contribution is -2.28. The van der Waals surface area contributed by atoms with E-state index in [0.29, 0.717) is 36.7 Å². The highest BCUT2D eigenvalue weighted by molar-refractivity contribution is 6.31. The first-order valence-corrected chi connectivity index (χ1v) is 6.10. The van der Waals surface area contributed by atoms with Crippen LogP contribution in [0.2, 0.25) is 5.02 Å². The molecule has 0 aliphatic rings. The summed E-state index contributed by atoms with van der Waals surface area (Å²) in [4.78, 5) is 2.04. The van der Waals surface area contributed by atoms with Crippen LogP contribution in [0.25, 0.3) is 0 Å². The van der Waals surface area contributed by atoms with Crippen molar-refractivity contribution in [3.63, 3.8) is 0 Å². The van der Waals surface area contributed by atoms with Gasteiger partial charge in [-0.3, -0.25) is 0 Å². The van der Waals surface area contributed by atoms with Crippen LogP contribution in [0, 0.1) is 11.3 Å². The Morgan fingerprint density at radius 2 is 2.22 bits per heavy atom. The summed E-state index contributed by atoms with van der Waals surface area (Å²) < 4.78 is 5.05. The third-order valence-electron chi connectivity index (χ3n) is 2.63. The van der Waals surface area contributed by atoms with Crippen molar-refractivity contribution in [2.75, 3.05) is 31.7 Å². The quantitative estimate of drug-likeness (QED) is 0.824. The highest BCUT2D eigenvalue weighted by atomic mass is 35.5. The summed E-state index contributed by atoms with van der Waals surface area (Å²) in [6.45, 7) is 1.85. The zero-order valence-corrected chi connectivity index (χ0v) is 11.2. The summed E-state index contributed by atoms with van der Waals surface area (Å²) in [6.07, 6.45) is 0.448. The molecule has 0 radical (unpaired) electrons. The Kier molecular flexibility index (Phi) is 6.51. The molecule has 1 rings (SSSR count). The number of halogens is 1. The number of hydrogen-bond donors (Lipinski definition) is 1. The SMILES string of the molecule is COCCN(CCC#N)c1ccc(CO)c(Cl)c1. The van der Waals surface area contributed by atoms with Gasteiger partial charge in [-0.15, -0.1) is 0 Å². The van der Waals surface area contributed by atoms with Crippen LogP contribution >= 0.6 is 11.6 Å². The fourth-order valence-electron chi connectivity index (χ4n) is 1.62. The fourth-order valence-corrected chi connectivity index (χ4v) is 1.85. The van der Waals surface area contributed by atoms with Crippen molar-refractivity contribution in [3.8, 4) is 6.07 Å². The van der Waals surface area contributed by atoms with Crippen LogP contribution in [-0.2, 0) is 11.3 Å². The number of hydrogen-bond acceptors (Lipinski definition) is 4. The molecular formula is C13H17ClN2O2. The smallest absolute Gasteiger partial charge is 0.0696 e. The second-order valence-corrected chi connectivity index (χ2v) is 4.23. The van der Waals surface area contributed by atoms with E-state index in [0.717, 1.165) is 5.69 Å². The average molecular weight is 269 g/mol. The lowest BCUT2D eigenvalue weighted by Gasteiger charge is -2.24. The summed E-state index contributed by atoms with van der Waals surface area (Å²) in [6, 6.07) is 7.62. The van der Waals surface area contributed by atoms with Crippen LogP contribution in [0.3, 0.4) is 0 Å². The minimum Gasteiger partial charge on any atom is -0.392 e. The van der Waals surface area contributed by atoms with Gasteiger partial charge >= 0.3 is 0 Å². The topological polar surface area (TPSA) is 56.5 Å². The van der Waals surface area contributed by atoms with Crippen molar-refractivity contribution in [3.05, 3.63) is 28.8 Å². The van der Waals surface area contributed by atoms with Gasteiger partial charge in [0.05, 0.1) is 25.7 Å². The molecule has 0 aromatic heterocycles. The predicted molar refractivity (Wildman–Crippen MR) is 71.7 cm³/mol. The van der Waals surface area contributed by atoms with Gasteiger partial charge in [-0.1, -0.05) is 17.7 Å². The Morgan fingerprint density at radius 3 is 2.78 bits per heavy atom. The van der Waals surface area contributed by atoms with E-state index in [4.69, 9.17) is 26.7 Å².